The van der Waals surface area contributed by atoms with E-state index in [1.807, 2.05) is 0 Å². The summed E-state index contributed by atoms with van der Waals surface area (Å²) in [4.78, 5) is 15.6. The van der Waals surface area contributed by atoms with E-state index < -0.39 is 17.7 Å². The molecule has 31 heavy (non-hydrogen) atoms. The topological polar surface area (TPSA) is 116 Å². The molecular formula is C19H17BrF3N5O3. The molecule has 12 heteroatoms. The van der Waals surface area contributed by atoms with Crippen LogP contribution >= 0.6 is 15.9 Å². The number of halogens is 4. The van der Waals surface area contributed by atoms with Gasteiger partial charge in [-0.25, -0.2) is 9.78 Å². The third-order valence-corrected chi connectivity index (χ3v) is 4.93. The van der Waals surface area contributed by atoms with Gasteiger partial charge in [-0.3, -0.25) is 0 Å². The third-order valence-electron chi connectivity index (χ3n) is 4.27. The molecule has 2 aromatic heterocycles. The summed E-state index contributed by atoms with van der Waals surface area (Å²) in [5, 5.41) is 17.2. The maximum absolute atomic E-state index is 13.1. The molecule has 3 N–H and O–H groups in total. The van der Waals surface area contributed by atoms with Gasteiger partial charge in [0.2, 0.25) is 0 Å². The van der Waals surface area contributed by atoms with Gasteiger partial charge >= 0.3 is 12.1 Å². The van der Waals surface area contributed by atoms with Crippen molar-refractivity contribution in [3.63, 3.8) is 0 Å². The molecule has 0 unspecified atom stereocenters. The Balaban J connectivity index is 1.62. The lowest BCUT2D eigenvalue weighted by Gasteiger charge is -2.15. The van der Waals surface area contributed by atoms with Crippen molar-refractivity contribution < 1.29 is 27.8 Å². The Morgan fingerprint density at radius 3 is 2.71 bits per heavy atom. The molecule has 0 saturated carbocycles. The highest BCUT2D eigenvalue weighted by molar-refractivity contribution is 9.10. The zero-order valence-corrected chi connectivity index (χ0v) is 17.5. The predicted molar refractivity (Wildman–Crippen MR) is 108 cm³/mol. The molecule has 0 saturated heterocycles. The first-order valence-electron chi connectivity index (χ1n) is 9.04. The first-order chi connectivity index (χ1) is 14.7. The van der Waals surface area contributed by atoms with Gasteiger partial charge in [0.1, 0.15) is 29.2 Å². The average molecular weight is 500 g/mol. The number of carboxylic acid groups (broad SMARTS) is 1. The van der Waals surface area contributed by atoms with Crippen LogP contribution in [-0.2, 0) is 12.7 Å². The fraction of sp³-hybridized carbons (Fsp3) is 0.263. The summed E-state index contributed by atoms with van der Waals surface area (Å²) in [6.45, 7) is 0.537. The number of nitrogens with zero attached hydrogens (tertiary/aromatic N) is 4. The number of hydrogen-bond donors (Lipinski definition) is 2. The quantitative estimate of drug-likeness (QED) is 0.444. The molecule has 0 bridgehead atoms. The lowest BCUT2D eigenvalue weighted by atomic mass is 10.1. The number of anilines is 1. The molecule has 0 spiro atoms. The maximum Gasteiger partial charge on any atom is 0.417 e. The minimum absolute atomic E-state index is 0.0349. The number of benzene rings is 1. The van der Waals surface area contributed by atoms with Crippen LogP contribution in [0.4, 0.5) is 19.0 Å². The number of unbranched alkanes of at least 4 members (excludes halogenated alkanes) is 1. The van der Waals surface area contributed by atoms with Crippen LogP contribution in [0.15, 0.2) is 41.1 Å². The summed E-state index contributed by atoms with van der Waals surface area (Å²) in [5.41, 5.74) is 4.90. The van der Waals surface area contributed by atoms with Gasteiger partial charge in [-0.1, -0.05) is 22.0 Å². The van der Waals surface area contributed by atoms with Gasteiger partial charge in [0.25, 0.3) is 0 Å². The van der Waals surface area contributed by atoms with Gasteiger partial charge in [0.05, 0.1) is 12.2 Å². The zero-order valence-electron chi connectivity index (χ0n) is 15.9. The molecular weight excluding hydrogens is 483 g/mol. The number of rotatable bonds is 8. The van der Waals surface area contributed by atoms with Crippen molar-refractivity contribution in [1.29, 1.82) is 0 Å². The molecule has 3 rings (SSSR count). The van der Waals surface area contributed by atoms with Crippen LogP contribution in [0.25, 0.3) is 11.5 Å². The summed E-state index contributed by atoms with van der Waals surface area (Å²) in [7, 11) is 0. The van der Waals surface area contributed by atoms with E-state index >= 15 is 0 Å². The molecule has 0 atom stereocenters. The number of ether oxygens (including phenoxy) is 1. The Labute approximate surface area is 183 Å². The molecule has 0 radical (unpaired) electrons. The highest BCUT2D eigenvalue weighted by Gasteiger charge is 2.34. The number of aromatic nitrogens is 4. The van der Waals surface area contributed by atoms with E-state index in [9.17, 15) is 23.1 Å². The number of hydrogen-bond acceptors (Lipinski definition) is 6. The lowest BCUT2D eigenvalue weighted by molar-refractivity contribution is -0.138. The Hall–Kier alpha value is -3.15. The number of aromatic carboxylic acids is 1. The normalized spacial score (nSPS) is 11.5. The lowest BCUT2D eigenvalue weighted by Crippen LogP contribution is -2.11. The Morgan fingerprint density at radius 1 is 1.26 bits per heavy atom. The molecule has 2 heterocycles. The monoisotopic (exact) mass is 499 g/mol. The Kier molecular flexibility index (Phi) is 6.78. The van der Waals surface area contributed by atoms with Crippen molar-refractivity contribution in [2.45, 2.75) is 25.6 Å². The number of nitrogens with two attached hydrogens (primary N) is 1. The summed E-state index contributed by atoms with van der Waals surface area (Å²) < 4.78 is 46.1. The van der Waals surface area contributed by atoms with Crippen molar-refractivity contribution in [2.75, 3.05) is 12.3 Å². The molecule has 1 aromatic carbocycles. The summed E-state index contributed by atoms with van der Waals surface area (Å²) in [6, 6.07) is 6.73. The van der Waals surface area contributed by atoms with Gasteiger partial charge in [0, 0.05) is 11.0 Å². The second-order valence-electron chi connectivity index (χ2n) is 6.48. The smallest absolute Gasteiger partial charge is 0.417 e. The highest BCUT2D eigenvalue weighted by atomic mass is 79.9. The average Bonchev–Trinajstić information content (AvgIpc) is 3.16. The number of pyridine rings is 1. The summed E-state index contributed by atoms with van der Waals surface area (Å²) in [6.07, 6.45) is -2.07. The van der Waals surface area contributed by atoms with Crippen LogP contribution in [0.3, 0.4) is 0 Å². The number of aryl methyl sites for hydroxylation is 1. The molecule has 3 aromatic rings. The van der Waals surface area contributed by atoms with Gasteiger partial charge in [-0.2, -0.15) is 13.2 Å². The Morgan fingerprint density at radius 2 is 2.03 bits per heavy atom. The summed E-state index contributed by atoms with van der Waals surface area (Å²) >= 11 is 2.76. The van der Waals surface area contributed by atoms with Gasteiger partial charge in [-0.05, 0) is 37.1 Å². The van der Waals surface area contributed by atoms with Crippen LogP contribution in [0.2, 0.25) is 0 Å². The first kappa shape index (κ1) is 22.5. The first-order valence-corrected chi connectivity index (χ1v) is 9.83. The van der Waals surface area contributed by atoms with Crippen LogP contribution in [0, 0.1) is 0 Å². The standard InChI is InChI=1S/C19H17BrF3N5O3/c20-13-8-11(18(29)30)15(9-12(13)19(21,22)23)31-7-2-1-6-28-10-25-27-17(28)14-4-3-5-16(24)26-14/h3-5,8-10H,1-2,6-7H2,(H2,24,26)(H,29,30). The van der Waals surface area contributed by atoms with Crippen molar-refractivity contribution in [3.8, 4) is 17.3 Å². The largest absolute Gasteiger partial charge is 0.493 e. The van der Waals surface area contributed by atoms with E-state index in [4.69, 9.17) is 10.5 Å². The van der Waals surface area contributed by atoms with E-state index in [-0.39, 0.29) is 22.4 Å². The van der Waals surface area contributed by atoms with Crippen molar-refractivity contribution in [1.82, 2.24) is 19.7 Å². The molecule has 0 aliphatic carbocycles. The van der Waals surface area contributed by atoms with E-state index in [1.54, 1.807) is 22.8 Å². The molecule has 0 aliphatic heterocycles. The van der Waals surface area contributed by atoms with Crippen LogP contribution in [0.1, 0.15) is 28.8 Å². The van der Waals surface area contributed by atoms with E-state index in [1.165, 1.54) is 6.33 Å². The maximum atomic E-state index is 13.1. The second-order valence-corrected chi connectivity index (χ2v) is 7.34. The van der Waals surface area contributed by atoms with E-state index in [0.717, 1.165) is 6.07 Å². The zero-order chi connectivity index (χ0) is 22.6. The van der Waals surface area contributed by atoms with Crippen molar-refractivity contribution in [3.05, 3.63) is 52.3 Å². The Bertz CT molecular complexity index is 1090. The van der Waals surface area contributed by atoms with E-state index in [0.29, 0.717) is 42.8 Å². The molecule has 164 valence electrons. The molecule has 8 nitrogen and oxygen atoms in total. The SMILES string of the molecule is Nc1cccc(-c2nncn2CCCCOc2cc(C(F)(F)F)c(Br)cc2C(=O)O)n1. The van der Waals surface area contributed by atoms with Gasteiger partial charge in [0.15, 0.2) is 5.82 Å². The van der Waals surface area contributed by atoms with Crippen LogP contribution in [0.5, 0.6) is 5.75 Å². The minimum Gasteiger partial charge on any atom is -0.493 e. The number of carboxylic acids is 1. The number of carbonyl (C=O) groups is 1. The molecule has 0 fully saturated rings. The van der Waals surface area contributed by atoms with Gasteiger partial charge in [-0.15, -0.1) is 10.2 Å². The number of nitrogen functional groups attached to an aromatic ring is 1. The van der Waals surface area contributed by atoms with Crippen molar-refractivity contribution >= 4 is 27.7 Å². The van der Waals surface area contributed by atoms with E-state index in [2.05, 4.69) is 31.1 Å². The van der Waals surface area contributed by atoms with Crippen LogP contribution in [-0.4, -0.2) is 37.4 Å². The molecule has 0 aliphatic rings. The van der Waals surface area contributed by atoms with Crippen molar-refractivity contribution in [2.24, 2.45) is 0 Å². The fourth-order valence-corrected chi connectivity index (χ4v) is 3.38. The summed E-state index contributed by atoms with van der Waals surface area (Å²) in [5.74, 6) is -0.836. The van der Waals surface area contributed by atoms with Gasteiger partial charge < -0.3 is 20.1 Å². The highest BCUT2D eigenvalue weighted by Crippen LogP contribution is 2.38. The fourth-order valence-electron chi connectivity index (χ4n) is 2.82. The predicted octanol–water partition coefficient (Wildman–Crippen LogP) is 4.26. The number of alkyl halides is 3. The second kappa shape index (κ2) is 9.33. The minimum atomic E-state index is -4.65. The molecule has 0 amide bonds. The van der Waals surface area contributed by atoms with Crippen LogP contribution < -0.4 is 10.5 Å². The third kappa shape index (κ3) is 5.51.